The molecule has 0 aromatic heterocycles. The lowest BCUT2D eigenvalue weighted by Gasteiger charge is -2.09. The molecular formula is C15H31BrO8. The van der Waals surface area contributed by atoms with Crippen LogP contribution in [0.5, 0.6) is 0 Å². The number of methoxy groups -OCH3 is 1. The first-order valence-electron chi connectivity index (χ1n) is 8.05. The minimum atomic E-state index is -0.0779. The van der Waals surface area contributed by atoms with Gasteiger partial charge in [-0.15, -0.1) is 0 Å². The summed E-state index contributed by atoms with van der Waals surface area (Å²) in [4.78, 5) is 0. The summed E-state index contributed by atoms with van der Waals surface area (Å²) >= 11 is 3.29. The Morgan fingerprint density at radius 3 is 1.29 bits per heavy atom. The fourth-order valence-corrected chi connectivity index (χ4v) is 1.60. The molecule has 0 aliphatic rings. The van der Waals surface area contributed by atoms with E-state index in [1.165, 1.54) is 0 Å². The highest BCUT2D eigenvalue weighted by molar-refractivity contribution is 9.09. The molecule has 0 radical (unpaired) electrons. The number of aliphatic hydroxyl groups excluding tert-OH is 1. The van der Waals surface area contributed by atoms with Crippen LogP contribution in [-0.2, 0) is 33.2 Å². The van der Waals surface area contributed by atoms with Gasteiger partial charge in [0.1, 0.15) is 5.01 Å². The molecule has 0 saturated carbocycles. The van der Waals surface area contributed by atoms with Gasteiger partial charge in [0.15, 0.2) is 0 Å². The maximum absolute atomic E-state index is 8.50. The van der Waals surface area contributed by atoms with Gasteiger partial charge in [-0.1, -0.05) is 15.9 Å². The Bertz CT molecular complexity index is 236. The van der Waals surface area contributed by atoms with Crippen molar-refractivity contribution in [3.8, 4) is 0 Å². The van der Waals surface area contributed by atoms with Gasteiger partial charge < -0.3 is 38.3 Å². The fraction of sp³-hybridized carbons (Fsp3) is 1.00. The highest BCUT2D eigenvalue weighted by Gasteiger charge is 2.00. The molecule has 146 valence electrons. The number of hydrogen-bond donors (Lipinski definition) is 1. The zero-order chi connectivity index (χ0) is 17.7. The summed E-state index contributed by atoms with van der Waals surface area (Å²) in [6.45, 7) is 6.07. The quantitative estimate of drug-likeness (QED) is 0.225. The summed E-state index contributed by atoms with van der Waals surface area (Å²) in [6.07, 6.45) is 0. The minimum Gasteiger partial charge on any atom is -0.394 e. The van der Waals surface area contributed by atoms with Gasteiger partial charge in [-0.2, -0.15) is 0 Å². The third-order valence-corrected chi connectivity index (χ3v) is 3.24. The van der Waals surface area contributed by atoms with E-state index in [-0.39, 0.29) is 11.6 Å². The van der Waals surface area contributed by atoms with Gasteiger partial charge in [0.25, 0.3) is 0 Å². The third-order valence-electron chi connectivity index (χ3n) is 2.60. The van der Waals surface area contributed by atoms with E-state index in [0.717, 1.165) is 0 Å². The SMILES string of the molecule is COC(Br)COCCOCCOCCOCCOCCOCCO. The molecule has 8 nitrogen and oxygen atoms in total. The zero-order valence-electron chi connectivity index (χ0n) is 14.5. The third kappa shape index (κ3) is 20.2. The van der Waals surface area contributed by atoms with Gasteiger partial charge in [0.2, 0.25) is 0 Å². The van der Waals surface area contributed by atoms with E-state index in [1.807, 2.05) is 0 Å². The van der Waals surface area contributed by atoms with Crippen molar-refractivity contribution in [3.05, 3.63) is 0 Å². The predicted molar refractivity (Wildman–Crippen MR) is 91.7 cm³/mol. The van der Waals surface area contributed by atoms with Crippen LogP contribution in [0.25, 0.3) is 0 Å². The fourth-order valence-electron chi connectivity index (χ4n) is 1.41. The lowest BCUT2D eigenvalue weighted by Crippen LogP contribution is -2.15. The summed E-state index contributed by atoms with van der Waals surface area (Å²) in [5, 5.41) is 8.42. The highest BCUT2D eigenvalue weighted by atomic mass is 79.9. The molecule has 0 heterocycles. The van der Waals surface area contributed by atoms with Gasteiger partial charge in [-0.05, 0) is 0 Å². The molecule has 1 atom stereocenters. The van der Waals surface area contributed by atoms with E-state index in [0.29, 0.717) is 79.3 Å². The Balaban J connectivity index is 2.98. The topological polar surface area (TPSA) is 84.8 Å². The van der Waals surface area contributed by atoms with Crippen molar-refractivity contribution in [3.63, 3.8) is 0 Å². The molecule has 0 spiro atoms. The predicted octanol–water partition coefficient (Wildman–Crippen LogP) is 0.446. The van der Waals surface area contributed by atoms with Crippen molar-refractivity contribution >= 4 is 15.9 Å². The number of rotatable bonds is 20. The number of aliphatic hydroxyl groups is 1. The largest absolute Gasteiger partial charge is 0.394 e. The van der Waals surface area contributed by atoms with Crippen LogP contribution in [0.1, 0.15) is 0 Å². The molecule has 24 heavy (non-hydrogen) atoms. The van der Waals surface area contributed by atoms with Gasteiger partial charge in [0.05, 0.1) is 85.9 Å². The summed E-state index contributed by atoms with van der Waals surface area (Å²) in [5.74, 6) is 0. The van der Waals surface area contributed by atoms with Crippen LogP contribution in [-0.4, -0.2) is 103 Å². The molecule has 0 saturated heterocycles. The molecule has 1 N–H and O–H groups in total. The molecule has 0 aromatic carbocycles. The maximum Gasteiger partial charge on any atom is 0.135 e. The average molecular weight is 419 g/mol. The van der Waals surface area contributed by atoms with Crippen LogP contribution >= 0.6 is 15.9 Å². The number of ether oxygens (including phenoxy) is 7. The van der Waals surface area contributed by atoms with Crippen LogP contribution < -0.4 is 0 Å². The van der Waals surface area contributed by atoms with E-state index < -0.39 is 0 Å². The van der Waals surface area contributed by atoms with Crippen molar-refractivity contribution in [2.24, 2.45) is 0 Å². The van der Waals surface area contributed by atoms with E-state index >= 15 is 0 Å². The summed E-state index contributed by atoms with van der Waals surface area (Å²) in [6, 6.07) is 0. The second kappa shape index (κ2) is 21.2. The van der Waals surface area contributed by atoms with E-state index in [1.54, 1.807) is 7.11 Å². The van der Waals surface area contributed by atoms with Gasteiger partial charge in [-0.3, -0.25) is 0 Å². The van der Waals surface area contributed by atoms with Crippen molar-refractivity contribution in [2.75, 3.05) is 93.0 Å². The lowest BCUT2D eigenvalue weighted by atomic mass is 10.6. The first-order valence-corrected chi connectivity index (χ1v) is 8.97. The van der Waals surface area contributed by atoms with Crippen LogP contribution in [0, 0.1) is 0 Å². The summed E-state index contributed by atoms with van der Waals surface area (Å²) in [5.41, 5.74) is 0. The van der Waals surface area contributed by atoms with Crippen molar-refractivity contribution in [2.45, 2.75) is 5.01 Å². The van der Waals surface area contributed by atoms with E-state index in [2.05, 4.69) is 15.9 Å². The smallest absolute Gasteiger partial charge is 0.135 e. The molecule has 0 aliphatic carbocycles. The zero-order valence-corrected chi connectivity index (χ0v) is 16.0. The molecular weight excluding hydrogens is 388 g/mol. The average Bonchev–Trinajstić information content (AvgIpc) is 2.60. The van der Waals surface area contributed by atoms with Crippen LogP contribution in [0.2, 0.25) is 0 Å². The summed E-state index contributed by atoms with van der Waals surface area (Å²) in [7, 11) is 1.61. The normalized spacial score (nSPS) is 12.6. The Labute approximate surface area is 152 Å². The second-order valence-corrected chi connectivity index (χ2v) is 5.53. The van der Waals surface area contributed by atoms with E-state index in [4.69, 9.17) is 38.3 Å². The minimum absolute atomic E-state index is 0.0356. The molecule has 1 unspecified atom stereocenters. The standard InChI is InChI=1S/C15H31BrO8/c1-18-15(16)14-24-13-12-23-11-10-22-9-8-21-7-6-20-5-4-19-3-2-17/h15,17H,2-14H2,1H3. The monoisotopic (exact) mass is 418 g/mol. The Kier molecular flexibility index (Phi) is 21.3. The van der Waals surface area contributed by atoms with Gasteiger partial charge in [-0.25, -0.2) is 0 Å². The number of hydrogen-bond acceptors (Lipinski definition) is 8. The molecule has 0 amide bonds. The van der Waals surface area contributed by atoms with E-state index in [9.17, 15) is 0 Å². The number of halogens is 1. The van der Waals surface area contributed by atoms with Gasteiger partial charge >= 0.3 is 0 Å². The maximum atomic E-state index is 8.50. The van der Waals surface area contributed by atoms with Crippen molar-refractivity contribution < 1.29 is 38.3 Å². The van der Waals surface area contributed by atoms with Crippen molar-refractivity contribution in [1.29, 1.82) is 0 Å². The van der Waals surface area contributed by atoms with Crippen LogP contribution in [0.4, 0.5) is 0 Å². The molecule has 9 heteroatoms. The Morgan fingerprint density at radius 2 is 0.958 bits per heavy atom. The van der Waals surface area contributed by atoms with Crippen LogP contribution in [0.15, 0.2) is 0 Å². The summed E-state index contributed by atoms with van der Waals surface area (Å²) < 4.78 is 36.7. The van der Waals surface area contributed by atoms with Gasteiger partial charge in [0, 0.05) is 7.11 Å². The highest BCUT2D eigenvalue weighted by Crippen LogP contribution is 1.99. The molecule has 0 fully saturated rings. The molecule has 0 aliphatic heterocycles. The molecule has 0 bridgehead atoms. The first-order chi connectivity index (χ1) is 11.8. The molecule has 0 aromatic rings. The van der Waals surface area contributed by atoms with Crippen molar-refractivity contribution in [1.82, 2.24) is 0 Å². The lowest BCUT2D eigenvalue weighted by molar-refractivity contribution is -0.0213. The first kappa shape index (κ1) is 24.2. The Hall–Kier alpha value is 0.160. The second-order valence-electron chi connectivity index (χ2n) is 4.51. The Morgan fingerprint density at radius 1 is 0.625 bits per heavy atom. The molecule has 0 rings (SSSR count). The van der Waals surface area contributed by atoms with Crippen LogP contribution in [0.3, 0.4) is 0 Å². The number of alkyl halides is 1.